The first-order valence-electron chi connectivity index (χ1n) is 19.1. The van der Waals surface area contributed by atoms with E-state index in [1.165, 1.54) is 90.1 Å². The fourth-order valence-corrected chi connectivity index (χ4v) is 10.7. The van der Waals surface area contributed by atoms with Gasteiger partial charge in [-0.1, -0.05) is 146 Å². The molecule has 0 saturated carbocycles. The van der Waals surface area contributed by atoms with Gasteiger partial charge in [-0.2, -0.15) is 0 Å². The maximum absolute atomic E-state index is 2.50. The molecule has 0 fully saturated rings. The van der Waals surface area contributed by atoms with Crippen LogP contribution < -0.4 is 4.90 Å². The Morgan fingerprint density at radius 1 is 0.339 bits per heavy atom. The van der Waals surface area contributed by atoms with Crippen molar-refractivity contribution in [3.63, 3.8) is 0 Å². The molecule has 11 rings (SSSR count). The van der Waals surface area contributed by atoms with Crippen molar-refractivity contribution in [2.45, 2.75) is 6.54 Å². The predicted octanol–water partition coefficient (Wildman–Crippen LogP) is 15.9. The van der Waals surface area contributed by atoms with E-state index in [9.17, 15) is 0 Å². The summed E-state index contributed by atoms with van der Waals surface area (Å²) in [4.78, 5) is 2.50. The summed E-state index contributed by atoms with van der Waals surface area (Å²) in [6.45, 7) is 0.705. The Morgan fingerprint density at radius 2 is 0.911 bits per heavy atom. The maximum Gasteiger partial charge on any atom is 0.0487 e. The van der Waals surface area contributed by atoms with Gasteiger partial charge in [0.15, 0.2) is 0 Å². The van der Waals surface area contributed by atoms with Crippen LogP contribution in [0.5, 0.6) is 0 Å². The molecule has 0 amide bonds. The Hall–Kier alpha value is -6.52. The molecule has 11 aromatic rings. The van der Waals surface area contributed by atoms with E-state index in [0.29, 0.717) is 6.54 Å². The molecule has 0 aliphatic rings. The zero-order chi connectivity index (χ0) is 37.0. The van der Waals surface area contributed by atoms with Crippen molar-refractivity contribution in [3.8, 4) is 33.4 Å². The first-order chi connectivity index (χ1) is 27.7. The number of anilines is 2. The van der Waals surface area contributed by atoms with Crippen LogP contribution in [0.1, 0.15) is 5.56 Å². The van der Waals surface area contributed by atoms with Crippen LogP contribution in [0.2, 0.25) is 0 Å². The third-order valence-electron chi connectivity index (χ3n) is 11.1. The van der Waals surface area contributed by atoms with Gasteiger partial charge in [0, 0.05) is 58.3 Å². The molecule has 0 aliphatic heterocycles. The molecule has 0 radical (unpaired) electrons. The Kier molecular flexibility index (Phi) is 8.01. The standard InChI is InChI=1S/C53H35NS2/c1-2-13-36-30-38(27-26-35(36)12-1)37-15-9-17-42(31-37)54(43-18-10-16-39(32-43)45-22-11-23-48-46-20-5-8-25-51(46)56-53(45)48)34-41-14-3-4-19-44(41)40-28-29-52-49(33-40)47-21-6-7-24-50(47)55-52/h1-33H,34H2. The number of hydrogen-bond acceptors (Lipinski definition) is 3. The van der Waals surface area contributed by atoms with Crippen LogP contribution in [0.15, 0.2) is 200 Å². The zero-order valence-corrected chi connectivity index (χ0v) is 32.2. The van der Waals surface area contributed by atoms with Crippen LogP contribution in [-0.4, -0.2) is 0 Å². The lowest BCUT2D eigenvalue weighted by Gasteiger charge is -2.27. The number of fused-ring (bicyclic) bond motifs is 7. The van der Waals surface area contributed by atoms with Crippen LogP contribution in [0, 0.1) is 0 Å². The largest absolute Gasteiger partial charge is 0.337 e. The first kappa shape index (κ1) is 32.9. The van der Waals surface area contributed by atoms with Gasteiger partial charge in [-0.05, 0) is 104 Å². The molecule has 1 nitrogen and oxygen atoms in total. The van der Waals surface area contributed by atoms with E-state index in [1.54, 1.807) is 0 Å². The van der Waals surface area contributed by atoms with Crippen LogP contribution >= 0.6 is 22.7 Å². The van der Waals surface area contributed by atoms with Gasteiger partial charge in [0.25, 0.3) is 0 Å². The molecule has 0 atom stereocenters. The molecule has 0 bridgehead atoms. The van der Waals surface area contributed by atoms with Gasteiger partial charge < -0.3 is 4.90 Å². The predicted molar refractivity (Wildman–Crippen MR) is 245 cm³/mol. The molecular weight excluding hydrogens is 715 g/mol. The summed E-state index contributed by atoms with van der Waals surface area (Å²) < 4.78 is 5.31. The Balaban J connectivity index is 1.06. The summed E-state index contributed by atoms with van der Waals surface area (Å²) >= 11 is 3.75. The summed E-state index contributed by atoms with van der Waals surface area (Å²) in [5.74, 6) is 0. The third kappa shape index (κ3) is 5.76. The van der Waals surface area contributed by atoms with E-state index in [0.717, 1.165) is 11.4 Å². The number of benzene rings is 9. The quantitative estimate of drug-likeness (QED) is 0.157. The molecule has 0 spiro atoms. The molecule has 0 unspecified atom stereocenters. The average Bonchev–Trinajstić information content (AvgIpc) is 3.84. The van der Waals surface area contributed by atoms with E-state index in [2.05, 4.69) is 205 Å². The van der Waals surface area contributed by atoms with Crippen LogP contribution in [0.4, 0.5) is 11.4 Å². The summed E-state index contributed by atoms with van der Waals surface area (Å²) in [7, 11) is 0. The average molecular weight is 750 g/mol. The third-order valence-corrected chi connectivity index (χ3v) is 13.5. The summed E-state index contributed by atoms with van der Waals surface area (Å²) in [5.41, 5.74) is 11.0. The molecule has 56 heavy (non-hydrogen) atoms. The molecule has 264 valence electrons. The number of rotatable bonds is 7. The summed E-state index contributed by atoms with van der Waals surface area (Å²) in [6.07, 6.45) is 0. The van der Waals surface area contributed by atoms with Gasteiger partial charge in [-0.3, -0.25) is 0 Å². The summed E-state index contributed by atoms with van der Waals surface area (Å²) in [6, 6.07) is 73.8. The normalized spacial score (nSPS) is 11.6. The molecule has 2 aromatic heterocycles. The van der Waals surface area contributed by atoms with E-state index in [1.807, 2.05) is 22.7 Å². The molecule has 0 N–H and O–H groups in total. The van der Waals surface area contributed by atoms with Crippen molar-refractivity contribution in [1.82, 2.24) is 0 Å². The van der Waals surface area contributed by atoms with Crippen LogP contribution in [-0.2, 0) is 6.54 Å². The monoisotopic (exact) mass is 749 g/mol. The smallest absolute Gasteiger partial charge is 0.0487 e. The lowest BCUT2D eigenvalue weighted by atomic mass is 9.96. The first-order valence-corrected chi connectivity index (χ1v) is 20.7. The van der Waals surface area contributed by atoms with Crippen molar-refractivity contribution in [3.05, 3.63) is 206 Å². The van der Waals surface area contributed by atoms with Gasteiger partial charge >= 0.3 is 0 Å². The fraction of sp³-hybridized carbons (Fsp3) is 0.0189. The van der Waals surface area contributed by atoms with Gasteiger partial charge in [-0.15, -0.1) is 22.7 Å². The number of nitrogens with zero attached hydrogens (tertiary/aromatic N) is 1. The van der Waals surface area contributed by atoms with Crippen molar-refractivity contribution in [1.29, 1.82) is 0 Å². The van der Waals surface area contributed by atoms with Gasteiger partial charge in [-0.25, -0.2) is 0 Å². The molecule has 0 aliphatic carbocycles. The number of hydrogen-bond donors (Lipinski definition) is 0. The maximum atomic E-state index is 2.50. The molecule has 0 saturated heterocycles. The highest BCUT2D eigenvalue weighted by molar-refractivity contribution is 7.26. The van der Waals surface area contributed by atoms with Gasteiger partial charge in [0.2, 0.25) is 0 Å². The zero-order valence-electron chi connectivity index (χ0n) is 30.5. The van der Waals surface area contributed by atoms with E-state index in [-0.39, 0.29) is 0 Å². The van der Waals surface area contributed by atoms with Crippen molar-refractivity contribution >= 4 is 85.2 Å². The molecule has 9 aromatic carbocycles. The highest BCUT2D eigenvalue weighted by atomic mass is 32.1. The van der Waals surface area contributed by atoms with Crippen molar-refractivity contribution in [2.24, 2.45) is 0 Å². The second-order valence-electron chi connectivity index (χ2n) is 14.5. The van der Waals surface area contributed by atoms with E-state index >= 15 is 0 Å². The minimum Gasteiger partial charge on any atom is -0.337 e. The molecule has 3 heteroatoms. The van der Waals surface area contributed by atoms with E-state index < -0.39 is 0 Å². The summed E-state index contributed by atoms with van der Waals surface area (Å²) in [5, 5.41) is 7.79. The molecular formula is C53H35NS2. The SMILES string of the molecule is c1cc(-c2ccc3ccccc3c2)cc(N(Cc2ccccc2-c2ccc3sc4ccccc4c3c2)c2cccc(-c3cccc4c3sc3ccccc34)c2)c1. The van der Waals surface area contributed by atoms with Crippen molar-refractivity contribution < 1.29 is 0 Å². The Bertz CT molecular complexity index is 3260. The minimum absolute atomic E-state index is 0.705. The minimum atomic E-state index is 0.705. The Labute approximate surface area is 334 Å². The Morgan fingerprint density at radius 3 is 1.77 bits per heavy atom. The van der Waals surface area contributed by atoms with Crippen molar-refractivity contribution in [2.75, 3.05) is 4.90 Å². The molecule has 2 heterocycles. The number of thiophene rings is 2. The highest BCUT2D eigenvalue weighted by Crippen LogP contribution is 2.42. The topological polar surface area (TPSA) is 3.24 Å². The van der Waals surface area contributed by atoms with Crippen LogP contribution in [0.25, 0.3) is 84.5 Å². The second kappa shape index (κ2) is 13.6. The lowest BCUT2D eigenvalue weighted by molar-refractivity contribution is 0.978. The van der Waals surface area contributed by atoms with E-state index in [4.69, 9.17) is 0 Å². The highest BCUT2D eigenvalue weighted by Gasteiger charge is 2.18. The lowest BCUT2D eigenvalue weighted by Crippen LogP contribution is -2.17. The van der Waals surface area contributed by atoms with Crippen LogP contribution in [0.3, 0.4) is 0 Å². The fourth-order valence-electron chi connectivity index (χ4n) is 8.37. The van der Waals surface area contributed by atoms with Gasteiger partial charge in [0.1, 0.15) is 0 Å². The second-order valence-corrected chi connectivity index (χ2v) is 16.6. The van der Waals surface area contributed by atoms with Gasteiger partial charge in [0.05, 0.1) is 0 Å².